The Labute approximate surface area is 191 Å². The SMILES string of the molecule is [2H]C(c1ccccc1OCCC1CC(C(=O)O)C1)N(c1ccc(-c2ccco2)cc1)C(C)C. The van der Waals surface area contributed by atoms with Gasteiger partial charge in [-0.2, -0.15) is 0 Å². The van der Waals surface area contributed by atoms with Crippen LogP contribution < -0.4 is 9.64 Å². The van der Waals surface area contributed by atoms with Crippen molar-refractivity contribution >= 4 is 11.7 Å². The fourth-order valence-corrected chi connectivity index (χ4v) is 4.14. The molecule has 1 unspecified atom stereocenters. The number of carboxylic acid groups (broad SMARTS) is 1. The van der Waals surface area contributed by atoms with E-state index in [2.05, 4.69) is 18.7 Å². The minimum atomic E-state index is -0.694. The molecule has 1 aliphatic carbocycles. The fourth-order valence-electron chi connectivity index (χ4n) is 4.14. The molecule has 32 heavy (non-hydrogen) atoms. The van der Waals surface area contributed by atoms with Gasteiger partial charge in [-0.3, -0.25) is 4.79 Å². The number of nitrogens with zero attached hydrogens (tertiary/aromatic N) is 1. The van der Waals surface area contributed by atoms with E-state index < -0.39 is 12.5 Å². The maximum atomic E-state index is 11.0. The normalized spacial score (nSPS) is 19.2. The summed E-state index contributed by atoms with van der Waals surface area (Å²) in [5.74, 6) is 1.05. The average Bonchev–Trinajstić information content (AvgIpc) is 3.30. The van der Waals surface area contributed by atoms with Crippen LogP contribution in [0.15, 0.2) is 71.3 Å². The molecule has 4 rings (SSSR count). The van der Waals surface area contributed by atoms with Crippen molar-refractivity contribution in [2.24, 2.45) is 11.8 Å². The van der Waals surface area contributed by atoms with Crippen LogP contribution in [0.25, 0.3) is 11.3 Å². The van der Waals surface area contributed by atoms with Gasteiger partial charge in [-0.15, -0.1) is 0 Å². The first-order valence-electron chi connectivity index (χ1n) is 11.8. The summed E-state index contributed by atoms with van der Waals surface area (Å²) >= 11 is 0. The molecule has 5 heteroatoms. The molecule has 0 radical (unpaired) electrons. The molecule has 1 saturated carbocycles. The number of hydrogen-bond acceptors (Lipinski definition) is 4. The predicted molar refractivity (Wildman–Crippen MR) is 126 cm³/mol. The molecular formula is C27H31NO4. The first kappa shape index (κ1) is 20.7. The second-order valence-electron chi connectivity index (χ2n) is 8.70. The molecule has 5 nitrogen and oxygen atoms in total. The second-order valence-corrected chi connectivity index (χ2v) is 8.70. The minimum Gasteiger partial charge on any atom is -0.493 e. The third-order valence-corrected chi connectivity index (χ3v) is 6.09. The number of rotatable bonds is 10. The molecule has 1 fully saturated rings. The van der Waals surface area contributed by atoms with Gasteiger partial charge in [0.2, 0.25) is 0 Å². The second kappa shape index (κ2) is 9.94. The smallest absolute Gasteiger partial charge is 0.306 e. The third kappa shape index (κ3) is 5.16. The summed E-state index contributed by atoms with van der Waals surface area (Å²) in [4.78, 5) is 13.1. The molecular weight excluding hydrogens is 402 g/mol. The maximum absolute atomic E-state index is 11.0. The Morgan fingerprint density at radius 1 is 1.16 bits per heavy atom. The molecule has 1 aromatic heterocycles. The van der Waals surface area contributed by atoms with E-state index in [1.807, 2.05) is 60.7 Å². The lowest BCUT2D eigenvalue weighted by Gasteiger charge is -2.32. The van der Waals surface area contributed by atoms with E-state index in [9.17, 15) is 4.79 Å². The van der Waals surface area contributed by atoms with Gasteiger partial charge in [0, 0.05) is 29.4 Å². The third-order valence-electron chi connectivity index (χ3n) is 6.09. The van der Waals surface area contributed by atoms with Crippen LogP contribution in [-0.4, -0.2) is 23.7 Å². The summed E-state index contributed by atoms with van der Waals surface area (Å²) in [5.41, 5.74) is 2.78. The monoisotopic (exact) mass is 434 g/mol. The molecule has 0 saturated heterocycles. The van der Waals surface area contributed by atoms with Gasteiger partial charge >= 0.3 is 5.97 Å². The van der Waals surface area contributed by atoms with E-state index in [0.717, 1.165) is 41.8 Å². The van der Waals surface area contributed by atoms with Crippen molar-refractivity contribution in [1.29, 1.82) is 0 Å². The lowest BCUT2D eigenvalue weighted by atomic mass is 9.73. The molecule has 168 valence electrons. The van der Waals surface area contributed by atoms with Crippen LogP contribution in [-0.2, 0) is 11.3 Å². The number of carboxylic acids is 1. The van der Waals surface area contributed by atoms with Crippen molar-refractivity contribution < 1.29 is 20.4 Å². The largest absolute Gasteiger partial charge is 0.493 e. The van der Waals surface area contributed by atoms with E-state index in [1.165, 1.54) is 0 Å². The van der Waals surface area contributed by atoms with Crippen molar-refractivity contribution in [2.45, 2.75) is 45.7 Å². The summed E-state index contributed by atoms with van der Waals surface area (Å²) in [6, 6.07) is 19.7. The highest BCUT2D eigenvalue weighted by molar-refractivity contribution is 5.71. The first-order chi connectivity index (χ1) is 15.9. The average molecular weight is 435 g/mol. The lowest BCUT2D eigenvalue weighted by Crippen LogP contribution is -2.31. The molecule has 3 aromatic rings. The number of benzene rings is 2. The summed E-state index contributed by atoms with van der Waals surface area (Å²) in [7, 11) is 0. The lowest BCUT2D eigenvalue weighted by molar-refractivity contribution is -0.146. The summed E-state index contributed by atoms with van der Waals surface area (Å²) in [5, 5.41) is 9.04. The van der Waals surface area contributed by atoms with Crippen molar-refractivity contribution in [3.05, 3.63) is 72.5 Å². The van der Waals surface area contributed by atoms with E-state index in [1.54, 1.807) is 6.26 Å². The number of aliphatic carboxylic acids is 1. The van der Waals surface area contributed by atoms with Crippen LogP contribution in [0, 0.1) is 11.8 Å². The van der Waals surface area contributed by atoms with Crippen molar-refractivity contribution in [3.8, 4) is 17.1 Å². The predicted octanol–water partition coefficient (Wildman–Crippen LogP) is 6.24. The van der Waals surface area contributed by atoms with Gasteiger partial charge in [0.15, 0.2) is 0 Å². The summed E-state index contributed by atoms with van der Waals surface area (Å²) < 4.78 is 20.7. The molecule has 2 aromatic carbocycles. The number of anilines is 1. The molecule has 1 atom stereocenters. The quantitative estimate of drug-likeness (QED) is 0.409. The van der Waals surface area contributed by atoms with Crippen LogP contribution in [0.2, 0.25) is 0 Å². The Morgan fingerprint density at radius 2 is 1.91 bits per heavy atom. The van der Waals surface area contributed by atoms with Crippen molar-refractivity contribution in [3.63, 3.8) is 0 Å². The van der Waals surface area contributed by atoms with Gasteiger partial charge in [-0.05, 0) is 81.5 Å². The number of hydrogen-bond donors (Lipinski definition) is 1. The van der Waals surface area contributed by atoms with Gasteiger partial charge in [-0.25, -0.2) is 0 Å². The summed E-state index contributed by atoms with van der Waals surface area (Å²) in [6.45, 7) is 4.07. The highest BCUT2D eigenvalue weighted by Gasteiger charge is 2.33. The molecule has 0 aliphatic heterocycles. The highest BCUT2D eigenvalue weighted by Crippen LogP contribution is 2.36. The molecule has 0 bridgehead atoms. The van der Waals surface area contributed by atoms with E-state index >= 15 is 0 Å². The molecule has 1 heterocycles. The van der Waals surface area contributed by atoms with Gasteiger partial charge < -0.3 is 19.2 Å². The zero-order valence-corrected chi connectivity index (χ0v) is 18.6. The Balaban J connectivity index is 1.45. The van der Waals surface area contributed by atoms with E-state index in [-0.39, 0.29) is 12.0 Å². The zero-order valence-electron chi connectivity index (χ0n) is 19.6. The number of ether oxygens (including phenoxy) is 1. The van der Waals surface area contributed by atoms with E-state index in [0.29, 0.717) is 18.3 Å². The Hall–Kier alpha value is -3.21. The Morgan fingerprint density at radius 3 is 2.56 bits per heavy atom. The molecule has 0 amide bonds. The molecule has 1 aliphatic rings. The fraction of sp³-hybridized carbons (Fsp3) is 0.370. The standard InChI is InChI=1S/C27H31NO4/c1-19(2)28(24-11-9-21(10-12-24)25-8-5-14-31-25)18-22-6-3-4-7-26(22)32-15-13-20-16-23(17-20)27(29)30/h3-12,14,19-20,23H,13,15-18H2,1-2H3,(H,29,30)/i18D. The van der Waals surface area contributed by atoms with Gasteiger partial charge in [0.25, 0.3) is 0 Å². The van der Waals surface area contributed by atoms with E-state index in [4.69, 9.17) is 15.6 Å². The molecule has 0 spiro atoms. The van der Waals surface area contributed by atoms with Gasteiger partial charge in [-0.1, -0.05) is 18.2 Å². The Bertz CT molecular complexity index is 1040. The highest BCUT2D eigenvalue weighted by atomic mass is 16.5. The minimum absolute atomic E-state index is 0.109. The first-order valence-corrected chi connectivity index (χ1v) is 11.2. The Kier molecular flexibility index (Phi) is 6.42. The van der Waals surface area contributed by atoms with Crippen LogP contribution in [0.4, 0.5) is 5.69 Å². The summed E-state index contributed by atoms with van der Waals surface area (Å²) in [6.07, 6.45) is 3.96. The van der Waals surface area contributed by atoms with Gasteiger partial charge in [0.05, 0.1) is 20.2 Å². The maximum Gasteiger partial charge on any atom is 0.306 e. The molecule has 1 N–H and O–H groups in total. The zero-order chi connectivity index (χ0) is 23.4. The van der Waals surface area contributed by atoms with Crippen LogP contribution in [0.3, 0.4) is 0 Å². The van der Waals surface area contributed by atoms with Crippen LogP contribution in [0.5, 0.6) is 5.75 Å². The number of carbonyl (C=O) groups is 1. The van der Waals surface area contributed by atoms with Crippen molar-refractivity contribution in [2.75, 3.05) is 11.5 Å². The van der Waals surface area contributed by atoms with Gasteiger partial charge in [0.1, 0.15) is 11.5 Å². The topological polar surface area (TPSA) is 62.9 Å². The van der Waals surface area contributed by atoms with Crippen LogP contribution >= 0.6 is 0 Å². The van der Waals surface area contributed by atoms with Crippen LogP contribution in [0.1, 0.15) is 40.0 Å². The number of para-hydroxylation sites is 1. The number of furan rings is 1. The van der Waals surface area contributed by atoms with Crippen molar-refractivity contribution in [1.82, 2.24) is 0 Å².